The normalized spacial score (nSPS) is 12.5. The van der Waals surface area contributed by atoms with E-state index in [0.29, 0.717) is 22.6 Å². The van der Waals surface area contributed by atoms with Gasteiger partial charge in [-0.1, -0.05) is 38.8 Å². The van der Waals surface area contributed by atoms with Crippen molar-refractivity contribution < 1.29 is 9.53 Å². The zero-order chi connectivity index (χ0) is 18.2. The van der Waals surface area contributed by atoms with E-state index in [2.05, 4.69) is 29.1 Å². The third kappa shape index (κ3) is 6.31. The number of nitrogens with zero attached hydrogens (tertiary/aromatic N) is 1. The first-order valence-corrected chi connectivity index (χ1v) is 8.80. The van der Waals surface area contributed by atoms with Gasteiger partial charge in [0.2, 0.25) is 5.91 Å². The Labute approximate surface area is 148 Å². The molecule has 1 aromatic heterocycles. The molecule has 0 bridgehead atoms. The monoisotopic (exact) mass is 345 g/mol. The summed E-state index contributed by atoms with van der Waals surface area (Å²) in [6.45, 7) is 6.44. The quantitative estimate of drug-likeness (QED) is 0.732. The number of H-pyrrole nitrogens is 1. The van der Waals surface area contributed by atoms with Crippen LogP contribution in [0.2, 0.25) is 0 Å². The van der Waals surface area contributed by atoms with Gasteiger partial charge >= 0.3 is 0 Å². The standard InChI is InChI=1S/C19H27N3O3/c1-13(2)7-6-8-14(3)20-18(23)12-25-11-17-21-16-10-5-4-9-15(16)19(24)22-17/h4-5,9-10,13-14H,6-8,11-12H2,1-3H3,(H,20,23)(H,21,22,24)/t14-/m0/s1. The Morgan fingerprint density at radius 3 is 2.76 bits per heavy atom. The molecule has 2 rings (SSSR count). The minimum Gasteiger partial charge on any atom is -0.364 e. The number of aromatic amines is 1. The highest BCUT2D eigenvalue weighted by Crippen LogP contribution is 2.08. The van der Waals surface area contributed by atoms with Crippen LogP contribution in [0.4, 0.5) is 0 Å². The van der Waals surface area contributed by atoms with Crippen molar-refractivity contribution in [3.8, 4) is 0 Å². The SMILES string of the molecule is CC(C)CCC[C@H](C)NC(=O)COCc1nc2ccccc2c(=O)[nH]1. The fourth-order valence-corrected chi connectivity index (χ4v) is 2.66. The lowest BCUT2D eigenvalue weighted by atomic mass is 10.0. The van der Waals surface area contributed by atoms with Gasteiger partial charge in [0, 0.05) is 6.04 Å². The molecule has 6 heteroatoms. The van der Waals surface area contributed by atoms with Gasteiger partial charge in [-0.05, 0) is 31.4 Å². The first-order chi connectivity index (χ1) is 12.0. The second-order valence-corrected chi connectivity index (χ2v) is 6.82. The van der Waals surface area contributed by atoms with Crippen molar-refractivity contribution in [3.05, 3.63) is 40.4 Å². The molecular weight excluding hydrogens is 318 g/mol. The number of ether oxygens (including phenoxy) is 1. The van der Waals surface area contributed by atoms with E-state index in [9.17, 15) is 9.59 Å². The number of benzene rings is 1. The molecule has 0 radical (unpaired) electrons. The largest absolute Gasteiger partial charge is 0.364 e. The molecule has 1 heterocycles. The second-order valence-electron chi connectivity index (χ2n) is 6.82. The Balaban J connectivity index is 1.76. The Kier molecular flexibility index (Phi) is 7.13. The zero-order valence-corrected chi connectivity index (χ0v) is 15.2. The van der Waals surface area contributed by atoms with Crippen LogP contribution in [-0.2, 0) is 16.1 Å². The molecule has 0 aliphatic heterocycles. The molecule has 0 aliphatic rings. The Morgan fingerprint density at radius 2 is 2.00 bits per heavy atom. The summed E-state index contributed by atoms with van der Waals surface area (Å²) in [5.41, 5.74) is 0.417. The number of carbonyl (C=O) groups excluding carboxylic acids is 1. The Hall–Kier alpha value is -2.21. The minimum absolute atomic E-state index is 0.0505. The fraction of sp³-hybridized carbons (Fsp3) is 0.526. The summed E-state index contributed by atoms with van der Waals surface area (Å²) in [6, 6.07) is 7.25. The van der Waals surface area contributed by atoms with Crippen molar-refractivity contribution in [2.45, 2.75) is 52.7 Å². The van der Waals surface area contributed by atoms with Crippen LogP contribution in [0.15, 0.2) is 29.1 Å². The predicted molar refractivity (Wildman–Crippen MR) is 98.3 cm³/mol. The molecule has 0 spiro atoms. The number of carbonyl (C=O) groups is 1. The van der Waals surface area contributed by atoms with Gasteiger partial charge in [-0.3, -0.25) is 9.59 Å². The molecule has 136 valence electrons. The van der Waals surface area contributed by atoms with Crippen LogP contribution in [-0.4, -0.2) is 28.5 Å². The van der Waals surface area contributed by atoms with E-state index in [-0.39, 0.29) is 30.7 Å². The van der Waals surface area contributed by atoms with E-state index < -0.39 is 0 Å². The number of hydrogen-bond acceptors (Lipinski definition) is 4. The number of aromatic nitrogens is 2. The summed E-state index contributed by atoms with van der Waals surface area (Å²) in [4.78, 5) is 30.9. The molecular formula is C19H27N3O3. The van der Waals surface area contributed by atoms with Crippen LogP contribution in [0.25, 0.3) is 10.9 Å². The van der Waals surface area contributed by atoms with Crippen molar-refractivity contribution >= 4 is 16.8 Å². The van der Waals surface area contributed by atoms with E-state index in [0.717, 1.165) is 19.3 Å². The molecule has 2 aromatic rings. The van der Waals surface area contributed by atoms with E-state index in [1.165, 1.54) is 0 Å². The molecule has 0 saturated carbocycles. The van der Waals surface area contributed by atoms with Gasteiger partial charge < -0.3 is 15.0 Å². The molecule has 1 aromatic carbocycles. The van der Waals surface area contributed by atoms with E-state index >= 15 is 0 Å². The highest BCUT2D eigenvalue weighted by Gasteiger charge is 2.09. The van der Waals surface area contributed by atoms with Gasteiger partial charge in [-0.2, -0.15) is 0 Å². The van der Waals surface area contributed by atoms with Crippen molar-refractivity contribution in [2.75, 3.05) is 6.61 Å². The molecule has 1 atom stereocenters. The summed E-state index contributed by atoms with van der Waals surface area (Å²) < 4.78 is 5.38. The van der Waals surface area contributed by atoms with E-state index in [1.807, 2.05) is 13.0 Å². The minimum atomic E-state index is -0.201. The molecule has 0 fully saturated rings. The van der Waals surface area contributed by atoms with Crippen molar-refractivity contribution in [3.63, 3.8) is 0 Å². The number of rotatable bonds is 9. The van der Waals surface area contributed by atoms with Gasteiger partial charge in [0.25, 0.3) is 5.56 Å². The van der Waals surface area contributed by atoms with Crippen LogP contribution in [0.3, 0.4) is 0 Å². The number of fused-ring (bicyclic) bond motifs is 1. The van der Waals surface area contributed by atoms with Crippen molar-refractivity contribution in [1.82, 2.24) is 15.3 Å². The topological polar surface area (TPSA) is 84.1 Å². The van der Waals surface area contributed by atoms with Crippen LogP contribution in [0, 0.1) is 5.92 Å². The zero-order valence-electron chi connectivity index (χ0n) is 15.2. The molecule has 6 nitrogen and oxygen atoms in total. The number of hydrogen-bond donors (Lipinski definition) is 2. The van der Waals surface area contributed by atoms with E-state index in [1.54, 1.807) is 18.2 Å². The lowest BCUT2D eigenvalue weighted by Gasteiger charge is -2.14. The van der Waals surface area contributed by atoms with Crippen LogP contribution in [0.1, 0.15) is 45.9 Å². The van der Waals surface area contributed by atoms with Crippen molar-refractivity contribution in [2.24, 2.45) is 5.92 Å². The maximum Gasteiger partial charge on any atom is 0.258 e. The van der Waals surface area contributed by atoms with E-state index in [4.69, 9.17) is 4.74 Å². The summed E-state index contributed by atoms with van der Waals surface area (Å²) >= 11 is 0. The maximum atomic E-state index is 12.0. The number of nitrogens with one attached hydrogen (secondary N) is 2. The van der Waals surface area contributed by atoms with Crippen LogP contribution >= 0.6 is 0 Å². The van der Waals surface area contributed by atoms with Gasteiger partial charge in [-0.25, -0.2) is 4.98 Å². The van der Waals surface area contributed by atoms with Gasteiger partial charge in [-0.15, -0.1) is 0 Å². The smallest absolute Gasteiger partial charge is 0.258 e. The molecule has 1 amide bonds. The lowest BCUT2D eigenvalue weighted by Crippen LogP contribution is -2.35. The average Bonchev–Trinajstić information content (AvgIpc) is 2.54. The lowest BCUT2D eigenvalue weighted by molar-refractivity contribution is -0.126. The van der Waals surface area contributed by atoms with Gasteiger partial charge in [0.15, 0.2) is 0 Å². The summed E-state index contributed by atoms with van der Waals surface area (Å²) in [5.74, 6) is 0.949. The maximum absolute atomic E-state index is 12.0. The fourth-order valence-electron chi connectivity index (χ4n) is 2.66. The van der Waals surface area contributed by atoms with Crippen molar-refractivity contribution in [1.29, 1.82) is 0 Å². The Bertz CT molecular complexity index is 755. The first-order valence-electron chi connectivity index (χ1n) is 8.80. The first kappa shape index (κ1) is 19.1. The second kappa shape index (κ2) is 9.32. The highest BCUT2D eigenvalue weighted by atomic mass is 16.5. The molecule has 0 saturated heterocycles. The average molecular weight is 345 g/mol. The third-order valence-corrected chi connectivity index (χ3v) is 3.96. The highest BCUT2D eigenvalue weighted by molar-refractivity contribution is 5.77. The summed E-state index contributed by atoms with van der Waals surface area (Å²) in [7, 11) is 0. The molecule has 0 aliphatic carbocycles. The van der Waals surface area contributed by atoms with Gasteiger partial charge in [0.1, 0.15) is 19.0 Å². The Morgan fingerprint density at radius 1 is 1.24 bits per heavy atom. The summed E-state index contributed by atoms with van der Waals surface area (Å²) in [6.07, 6.45) is 3.23. The molecule has 2 N–H and O–H groups in total. The van der Waals surface area contributed by atoms with Crippen LogP contribution < -0.4 is 10.9 Å². The van der Waals surface area contributed by atoms with Crippen LogP contribution in [0.5, 0.6) is 0 Å². The number of amides is 1. The third-order valence-electron chi connectivity index (χ3n) is 3.96. The predicted octanol–water partition coefficient (Wildman–Crippen LogP) is 2.77. The number of para-hydroxylation sites is 1. The van der Waals surface area contributed by atoms with Gasteiger partial charge in [0.05, 0.1) is 10.9 Å². The molecule has 25 heavy (non-hydrogen) atoms. The molecule has 0 unspecified atom stereocenters. The summed E-state index contributed by atoms with van der Waals surface area (Å²) in [5, 5.41) is 3.47.